The molecule has 4 nitrogen and oxygen atoms in total. The summed E-state index contributed by atoms with van der Waals surface area (Å²) in [5.74, 6) is 0. The Balaban J connectivity index is 2.42. The Bertz CT molecular complexity index is 371. The second-order valence-corrected chi connectivity index (χ2v) is 4.01. The summed E-state index contributed by atoms with van der Waals surface area (Å²) in [6.45, 7) is 2.21. The van der Waals surface area contributed by atoms with Crippen molar-refractivity contribution < 1.29 is 0 Å². The van der Waals surface area contributed by atoms with Gasteiger partial charge in [0, 0.05) is 25.7 Å². The van der Waals surface area contributed by atoms with Crippen LogP contribution in [0.3, 0.4) is 0 Å². The lowest BCUT2D eigenvalue weighted by atomic mass is 10.1. The SMILES string of the molecule is NCCNCC(N)Cc1ccc(N=C=S)cc1. The quantitative estimate of drug-likeness (QED) is 0.381. The highest BCUT2D eigenvalue weighted by Gasteiger charge is 2.03. The molecule has 0 aliphatic heterocycles. The van der Waals surface area contributed by atoms with E-state index in [1.54, 1.807) is 0 Å². The van der Waals surface area contributed by atoms with E-state index >= 15 is 0 Å². The summed E-state index contributed by atoms with van der Waals surface area (Å²) < 4.78 is 0. The van der Waals surface area contributed by atoms with E-state index in [-0.39, 0.29) is 6.04 Å². The first-order valence-electron chi connectivity index (χ1n) is 5.59. The van der Waals surface area contributed by atoms with E-state index in [9.17, 15) is 0 Å². The third-order valence-electron chi connectivity index (χ3n) is 2.34. The molecule has 0 aromatic heterocycles. The lowest BCUT2D eigenvalue weighted by Crippen LogP contribution is -2.37. The molecule has 17 heavy (non-hydrogen) atoms. The minimum Gasteiger partial charge on any atom is -0.329 e. The fourth-order valence-corrected chi connectivity index (χ4v) is 1.63. The molecular weight excluding hydrogens is 232 g/mol. The van der Waals surface area contributed by atoms with Crippen molar-refractivity contribution in [3.8, 4) is 0 Å². The van der Waals surface area contributed by atoms with Gasteiger partial charge in [0.05, 0.1) is 10.8 Å². The van der Waals surface area contributed by atoms with Gasteiger partial charge in [-0.3, -0.25) is 0 Å². The lowest BCUT2D eigenvalue weighted by molar-refractivity contribution is 0.578. The first-order chi connectivity index (χ1) is 8.26. The van der Waals surface area contributed by atoms with Crippen LogP contribution in [0.1, 0.15) is 5.56 Å². The third-order valence-corrected chi connectivity index (χ3v) is 2.43. The van der Waals surface area contributed by atoms with Gasteiger partial charge in [0.1, 0.15) is 0 Å². The summed E-state index contributed by atoms with van der Waals surface area (Å²) in [7, 11) is 0. The van der Waals surface area contributed by atoms with Gasteiger partial charge in [0.25, 0.3) is 0 Å². The number of hydrogen-bond donors (Lipinski definition) is 3. The van der Waals surface area contributed by atoms with Crippen molar-refractivity contribution in [1.82, 2.24) is 5.32 Å². The van der Waals surface area contributed by atoms with Crippen LogP contribution in [0.4, 0.5) is 5.69 Å². The number of thiocarbonyl (C=S) groups is 1. The zero-order valence-electron chi connectivity index (χ0n) is 9.73. The molecule has 0 spiro atoms. The van der Waals surface area contributed by atoms with Crippen LogP contribution in [-0.4, -0.2) is 30.8 Å². The Morgan fingerprint density at radius 1 is 1.35 bits per heavy atom. The Morgan fingerprint density at radius 3 is 2.65 bits per heavy atom. The molecule has 92 valence electrons. The van der Waals surface area contributed by atoms with Crippen LogP contribution in [-0.2, 0) is 6.42 Å². The van der Waals surface area contributed by atoms with E-state index in [4.69, 9.17) is 11.5 Å². The highest BCUT2D eigenvalue weighted by atomic mass is 32.1. The topological polar surface area (TPSA) is 76.4 Å². The summed E-state index contributed by atoms with van der Waals surface area (Å²) >= 11 is 4.54. The number of nitrogens with one attached hydrogen (secondary N) is 1. The molecule has 1 aromatic rings. The maximum Gasteiger partial charge on any atom is 0.0739 e. The zero-order valence-corrected chi connectivity index (χ0v) is 10.5. The maximum absolute atomic E-state index is 5.99. The first-order valence-corrected chi connectivity index (χ1v) is 6.00. The van der Waals surface area contributed by atoms with Gasteiger partial charge in [-0.1, -0.05) is 12.1 Å². The summed E-state index contributed by atoms with van der Waals surface area (Å²) in [6.07, 6.45) is 0.832. The Kier molecular flexibility index (Phi) is 6.62. The molecule has 0 saturated carbocycles. The number of hydrogen-bond acceptors (Lipinski definition) is 5. The fraction of sp³-hybridized carbons (Fsp3) is 0.417. The normalized spacial score (nSPS) is 11.9. The van der Waals surface area contributed by atoms with Gasteiger partial charge in [-0.05, 0) is 36.3 Å². The number of isothiocyanates is 1. The standard InChI is InChI=1S/C12H18N4S/c13-5-6-15-8-11(14)7-10-1-3-12(4-2-10)16-9-17/h1-4,11,15H,5-8,13-14H2. The lowest BCUT2D eigenvalue weighted by Gasteiger charge is -2.12. The number of rotatable bonds is 7. The fourth-order valence-electron chi connectivity index (χ4n) is 1.52. The van der Waals surface area contributed by atoms with Gasteiger partial charge < -0.3 is 16.8 Å². The number of aliphatic imine (C=N–C) groups is 1. The highest BCUT2D eigenvalue weighted by molar-refractivity contribution is 7.78. The van der Waals surface area contributed by atoms with Crippen LogP contribution in [0, 0.1) is 0 Å². The first kappa shape index (κ1) is 14.0. The molecule has 5 heteroatoms. The van der Waals surface area contributed by atoms with E-state index < -0.39 is 0 Å². The largest absolute Gasteiger partial charge is 0.329 e. The van der Waals surface area contributed by atoms with Crippen LogP contribution in [0.25, 0.3) is 0 Å². The van der Waals surface area contributed by atoms with Gasteiger partial charge in [0.2, 0.25) is 0 Å². The molecule has 0 amide bonds. The van der Waals surface area contributed by atoms with Crippen LogP contribution in [0.15, 0.2) is 29.3 Å². The van der Waals surface area contributed by atoms with E-state index in [2.05, 4.69) is 27.7 Å². The van der Waals surface area contributed by atoms with Crippen LogP contribution in [0.5, 0.6) is 0 Å². The van der Waals surface area contributed by atoms with Crippen LogP contribution in [0.2, 0.25) is 0 Å². The van der Waals surface area contributed by atoms with Crippen molar-refractivity contribution in [1.29, 1.82) is 0 Å². The zero-order chi connectivity index (χ0) is 12.5. The summed E-state index contributed by atoms with van der Waals surface area (Å²) in [4.78, 5) is 3.89. The van der Waals surface area contributed by atoms with Gasteiger partial charge in [0.15, 0.2) is 0 Å². The monoisotopic (exact) mass is 250 g/mol. The molecule has 1 unspecified atom stereocenters. The third kappa shape index (κ3) is 5.68. The second kappa shape index (κ2) is 8.06. The molecule has 0 saturated heterocycles. The van der Waals surface area contributed by atoms with Gasteiger partial charge >= 0.3 is 0 Å². The van der Waals surface area contributed by atoms with Crippen molar-refractivity contribution in [3.05, 3.63) is 29.8 Å². The number of nitrogens with zero attached hydrogens (tertiary/aromatic N) is 1. The second-order valence-electron chi connectivity index (χ2n) is 3.83. The molecule has 0 fully saturated rings. The molecule has 5 N–H and O–H groups in total. The Morgan fingerprint density at radius 2 is 2.06 bits per heavy atom. The van der Waals surface area contributed by atoms with E-state index in [1.807, 2.05) is 24.3 Å². The molecule has 0 heterocycles. The van der Waals surface area contributed by atoms with Crippen molar-refractivity contribution >= 4 is 23.1 Å². The molecule has 1 atom stereocenters. The van der Waals surface area contributed by atoms with Crippen molar-refractivity contribution in [3.63, 3.8) is 0 Å². The van der Waals surface area contributed by atoms with E-state index in [1.165, 1.54) is 5.56 Å². The van der Waals surface area contributed by atoms with Gasteiger partial charge in [-0.2, -0.15) is 4.99 Å². The average Bonchev–Trinajstić information content (AvgIpc) is 2.32. The van der Waals surface area contributed by atoms with Crippen LogP contribution >= 0.6 is 12.2 Å². The van der Waals surface area contributed by atoms with Crippen molar-refractivity contribution in [2.45, 2.75) is 12.5 Å². The average molecular weight is 250 g/mol. The van der Waals surface area contributed by atoms with E-state index in [0.717, 1.165) is 25.2 Å². The van der Waals surface area contributed by atoms with Gasteiger partial charge in [-0.15, -0.1) is 0 Å². The maximum atomic E-state index is 5.99. The minimum absolute atomic E-state index is 0.0985. The smallest absolute Gasteiger partial charge is 0.0739 e. The molecule has 1 rings (SSSR count). The summed E-state index contributed by atoms with van der Waals surface area (Å²) in [6, 6.07) is 7.94. The summed E-state index contributed by atoms with van der Waals surface area (Å²) in [5.41, 5.74) is 13.4. The minimum atomic E-state index is 0.0985. The molecular formula is C12H18N4S. The predicted molar refractivity (Wildman–Crippen MR) is 74.7 cm³/mol. The van der Waals surface area contributed by atoms with Gasteiger partial charge in [-0.25, -0.2) is 0 Å². The highest BCUT2D eigenvalue weighted by Crippen LogP contribution is 2.13. The number of nitrogens with two attached hydrogens (primary N) is 2. The molecule has 1 aromatic carbocycles. The molecule has 0 radical (unpaired) electrons. The Labute approximate surface area is 107 Å². The molecule has 0 aliphatic carbocycles. The van der Waals surface area contributed by atoms with Crippen molar-refractivity contribution in [2.75, 3.05) is 19.6 Å². The van der Waals surface area contributed by atoms with Crippen molar-refractivity contribution in [2.24, 2.45) is 16.5 Å². The van der Waals surface area contributed by atoms with E-state index in [0.29, 0.717) is 6.54 Å². The molecule has 0 aliphatic rings. The summed E-state index contributed by atoms with van der Waals surface area (Å²) in [5, 5.41) is 5.53. The molecule has 0 bridgehead atoms. The Hall–Kier alpha value is -1.10. The predicted octanol–water partition coefficient (Wildman–Crippen LogP) is 0.839. The number of benzene rings is 1. The van der Waals surface area contributed by atoms with Crippen LogP contribution < -0.4 is 16.8 Å².